The van der Waals surface area contributed by atoms with Crippen LogP contribution in [0.2, 0.25) is 0 Å². The smallest absolute Gasteiger partial charge is 0.329 e. The van der Waals surface area contributed by atoms with E-state index in [0.717, 1.165) is 5.56 Å². The number of amides is 1. The van der Waals surface area contributed by atoms with Crippen LogP contribution in [0.15, 0.2) is 35.4 Å². The lowest BCUT2D eigenvalue weighted by atomic mass is 9.85. The molecule has 2 unspecified atom stereocenters. The lowest BCUT2D eigenvalue weighted by Gasteiger charge is -2.49. The van der Waals surface area contributed by atoms with E-state index in [4.69, 9.17) is 10.3 Å². The fraction of sp³-hybridized carbons (Fsp3) is 0.579. The third-order valence-electron chi connectivity index (χ3n) is 4.13. The Morgan fingerprint density at radius 1 is 1.31 bits per heavy atom. The summed E-state index contributed by atoms with van der Waals surface area (Å²) < 4.78 is 5.55. The summed E-state index contributed by atoms with van der Waals surface area (Å²) in [6, 6.07) is 7.31. The Bertz CT molecular complexity index is 705. The van der Waals surface area contributed by atoms with Crippen molar-refractivity contribution < 1.29 is 14.3 Å². The highest BCUT2D eigenvalue weighted by Gasteiger charge is 2.53. The maximum Gasteiger partial charge on any atom is 0.329 e. The summed E-state index contributed by atoms with van der Waals surface area (Å²) in [6.07, 6.45) is 0.479. The molecule has 0 radical (unpaired) electrons. The van der Waals surface area contributed by atoms with Crippen LogP contribution in [0.4, 0.5) is 0 Å². The van der Waals surface area contributed by atoms with Gasteiger partial charge in [-0.1, -0.05) is 49.3 Å². The number of hydrogen-bond acceptors (Lipinski definition) is 4. The van der Waals surface area contributed by atoms with Gasteiger partial charge in [0.2, 0.25) is 5.91 Å². The minimum atomic E-state index is -0.834. The molecule has 0 saturated carbocycles. The van der Waals surface area contributed by atoms with E-state index in [-0.39, 0.29) is 11.8 Å². The van der Waals surface area contributed by atoms with E-state index >= 15 is 0 Å². The maximum absolute atomic E-state index is 12.8. The molecule has 26 heavy (non-hydrogen) atoms. The molecule has 3 atom stereocenters. The van der Waals surface area contributed by atoms with E-state index in [2.05, 4.69) is 10.0 Å². The topological polar surface area (TPSA) is 95.4 Å². The number of carbonyl (C=O) groups excluding carboxylic acids is 2. The van der Waals surface area contributed by atoms with Crippen molar-refractivity contribution in [2.75, 3.05) is 0 Å². The number of benzene rings is 1. The first-order chi connectivity index (χ1) is 12.2. The highest BCUT2D eigenvalue weighted by molar-refractivity contribution is 5.94. The van der Waals surface area contributed by atoms with Crippen molar-refractivity contribution in [3.8, 4) is 0 Å². The van der Waals surface area contributed by atoms with Gasteiger partial charge in [0.1, 0.15) is 17.7 Å². The fourth-order valence-electron chi connectivity index (χ4n) is 3.14. The van der Waals surface area contributed by atoms with Crippen LogP contribution in [0.1, 0.15) is 52.6 Å². The molecule has 1 aromatic carbocycles. The van der Waals surface area contributed by atoms with Crippen LogP contribution >= 0.6 is 0 Å². The monoisotopic (exact) mass is 358 g/mol. The van der Waals surface area contributed by atoms with Crippen molar-refractivity contribution in [3.63, 3.8) is 0 Å². The summed E-state index contributed by atoms with van der Waals surface area (Å²) in [5.74, 6) is -0.580. The quantitative estimate of drug-likeness (QED) is 0.253. The summed E-state index contributed by atoms with van der Waals surface area (Å²) in [7, 11) is 0. The predicted octanol–water partition coefficient (Wildman–Crippen LogP) is 4.01. The van der Waals surface area contributed by atoms with Crippen LogP contribution in [0, 0.1) is 5.92 Å². The zero-order chi connectivity index (χ0) is 19.5. The van der Waals surface area contributed by atoms with Crippen LogP contribution < -0.4 is 0 Å². The Hall–Kier alpha value is -2.53. The standard InChI is InChI=1S/C19H26N4O3/c1-12(2)11-14(18(25)26-19(3,4)5)23-16(13-9-7-6-8-10-13)15(17(23)24)21-22-20/h6-10,12,14-16H,11H2,1-5H3/t14-,15?,16?/m0/s1. The molecule has 1 heterocycles. The van der Waals surface area contributed by atoms with Gasteiger partial charge >= 0.3 is 5.97 Å². The van der Waals surface area contributed by atoms with E-state index < -0.39 is 29.7 Å². The summed E-state index contributed by atoms with van der Waals surface area (Å²) >= 11 is 0. The molecule has 0 aromatic heterocycles. The molecule has 1 aliphatic heterocycles. The molecule has 1 fully saturated rings. The molecule has 140 valence electrons. The van der Waals surface area contributed by atoms with Crippen molar-refractivity contribution in [1.82, 2.24) is 4.90 Å². The Morgan fingerprint density at radius 2 is 1.92 bits per heavy atom. The van der Waals surface area contributed by atoms with Gasteiger partial charge in [-0.05, 0) is 44.2 Å². The third-order valence-corrected chi connectivity index (χ3v) is 4.13. The molecule has 2 rings (SSSR count). The largest absolute Gasteiger partial charge is 0.458 e. The minimum Gasteiger partial charge on any atom is -0.458 e. The number of carbonyl (C=O) groups is 2. The van der Waals surface area contributed by atoms with Crippen molar-refractivity contribution in [2.24, 2.45) is 11.0 Å². The number of β-lactam (4-membered cyclic amide) rings is 1. The molecule has 0 bridgehead atoms. The van der Waals surface area contributed by atoms with Gasteiger partial charge in [0.15, 0.2) is 0 Å². The van der Waals surface area contributed by atoms with E-state index in [1.807, 2.05) is 44.2 Å². The SMILES string of the molecule is CC(C)C[C@@H](C(=O)OC(C)(C)C)N1C(=O)C(N=[N+]=[N-])C1c1ccccc1. The number of ether oxygens (including phenoxy) is 1. The maximum atomic E-state index is 12.8. The van der Waals surface area contributed by atoms with Gasteiger partial charge < -0.3 is 9.64 Å². The Labute approximate surface area is 153 Å². The Morgan fingerprint density at radius 3 is 2.42 bits per heavy atom. The molecule has 0 N–H and O–H groups in total. The van der Waals surface area contributed by atoms with Gasteiger partial charge in [0, 0.05) is 4.91 Å². The first kappa shape index (κ1) is 19.8. The Kier molecular flexibility index (Phi) is 5.93. The summed E-state index contributed by atoms with van der Waals surface area (Å²) in [5, 5.41) is 3.65. The molecule has 1 amide bonds. The van der Waals surface area contributed by atoms with Gasteiger partial charge in [0.25, 0.3) is 0 Å². The lowest BCUT2D eigenvalue weighted by Crippen LogP contribution is -2.64. The molecular formula is C19H26N4O3. The first-order valence-electron chi connectivity index (χ1n) is 8.80. The van der Waals surface area contributed by atoms with Crippen LogP contribution in [0.5, 0.6) is 0 Å². The second-order valence-corrected chi connectivity index (χ2v) is 7.93. The van der Waals surface area contributed by atoms with Crippen molar-refractivity contribution in [3.05, 3.63) is 46.3 Å². The molecule has 0 aliphatic carbocycles. The normalized spacial score (nSPS) is 21.0. The van der Waals surface area contributed by atoms with Gasteiger partial charge in [-0.15, -0.1) is 0 Å². The molecule has 1 saturated heterocycles. The van der Waals surface area contributed by atoms with Crippen LogP contribution in [-0.4, -0.2) is 34.5 Å². The minimum absolute atomic E-state index is 0.190. The second-order valence-electron chi connectivity index (χ2n) is 7.93. The highest BCUT2D eigenvalue weighted by atomic mass is 16.6. The van der Waals surface area contributed by atoms with E-state index in [9.17, 15) is 9.59 Å². The second kappa shape index (κ2) is 7.79. The molecule has 7 nitrogen and oxygen atoms in total. The van der Waals surface area contributed by atoms with Crippen molar-refractivity contribution in [1.29, 1.82) is 0 Å². The molecular weight excluding hydrogens is 332 g/mol. The number of esters is 1. The molecule has 1 aliphatic rings. The zero-order valence-electron chi connectivity index (χ0n) is 15.9. The van der Waals surface area contributed by atoms with Gasteiger partial charge in [-0.25, -0.2) is 4.79 Å². The average molecular weight is 358 g/mol. The van der Waals surface area contributed by atoms with Crippen LogP contribution in [-0.2, 0) is 14.3 Å². The van der Waals surface area contributed by atoms with E-state index in [1.54, 1.807) is 20.8 Å². The molecule has 0 spiro atoms. The average Bonchev–Trinajstić information content (AvgIpc) is 2.54. The summed E-state index contributed by atoms with van der Waals surface area (Å²) in [6.45, 7) is 9.38. The number of nitrogens with zero attached hydrogens (tertiary/aromatic N) is 4. The highest BCUT2D eigenvalue weighted by Crippen LogP contribution is 2.40. The van der Waals surface area contributed by atoms with E-state index in [1.165, 1.54) is 4.90 Å². The number of azide groups is 1. The third kappa shape index (κ3) is 4.35. The molecule has 1 aromatic rings. The van der Waals surface area contributed by atoms with Crippen LogP contribution in [0.3, 0.4) is 0 Å². The van der Waals surface area contributed by atoms with E-state index in [0.29, 0.717) is 6.42 Å². The zero-order valence-corrected chi connectivity index (χ0v) is 15.9. The fourth-order valence-corrected chi connectivity index (χ4v) is 3.14. The van der Waals surface area contributed by atoms with Gasteiger partial charge in [-0.3, -0.25) is 4.79 Å². The Balaban J connectivity index is 2.39. The van der Waals surface area contributed by atoms with Gasteiger partial charge in [-0.2, -0.15) is 0 Å². The predicted molar refractivity (Wildman–Crippen MR) is 98.1 cm³/mol. The molecule has 7 heteroatoms. The van der Waals surface area contributed by atoms with Crippen molar-refractivity contribution in [2.45, 2.75) is 64.8 Å². The van der Waals surface area contributed by atoms with Gasteiger partial charge in [0.05, 0.1) is 6.04 Å². The first-order valence-corrected chi connectivity index (χ1v) is 8.80. The summed E-state index contributed by atoms with van der Waals surface area (Å²) in [5.41, 5.74) is 9.00. The van der Waals surface area contributed by atoms with Crippen LogP contribution in [0.25, 0.3) is 10.4 Å². The van der Waals surface area contributed by atoms with Crippen molar-refractivity contribution >= 4 is 11.9 Å². The number of rotatable bonds is 6. The summed E-state index contributed by atoms with van der Waals surface area (Å²) in [4.78, 5) is 29.8. The lowest BCUT2D eigenvalue weighted by molar-refractivity contribution is -0.175. The number of likely N-dealkylation sites (tertiary alicyclic amines) is 1. The number of hydrogen-bond donors (Lipinski definition) is 0.